The Morgan fingerprint density at radius 1 is 1.41 bits per heavy atom. The van der Waals surface area contributed by atoms with E-state index in [1.165, 1.54) is 6.92 Å². The van der Waals surface area contributed by atoms with E-state index in [1.807, 2.05) is 6.92 Å². The SMILES string of the molecule is CCCCOC(=O)N1COC(O[Si](C)(C)C)(C(F)(F)F)C1C. The topological polar surface area (TPSA) is 48.0 Å². The molecule has 1 heterocycles. The maximum Gasteiger partial charge on any atom is 0.444 e. The van der Waals surface area contributed by atoms with Crippen molar-refractivity contribution in [1.29, 1.82) is 0 Å². The highest BCUT2D eigenvalue weighted by Crippen LogP contribution is 2.45. The molecule has 22 heavy (non-hydrogen) atoms. The van der Waals surface area contributed by atoms with Crippen molar-refractivity contribution in [2.24, 2.45) is 0 Å². The van der Waals surface area contributed by atoms with E-state index in [0.29, 0.717) is 6.42 Å². The van der Waals surface area contributed by atoms with Crippen LogP contribution in [0, 0.1) is 0 Å². The number of hydrogen-bond donors (Lipinski definition) is 0. The number of nitrogens with zero attached hydrogens (tertiary/aromatic N) is 1. The average molecular weight is 343 g/mol. The molecule has 1 rings (SSSR count). The molecular formula is C13H24F3NO4Si. The molecular weight excluding hydrogens is 319 g/mol. The lowest BCUT2D eigenvalue weighted by molar-refractivity contribution is -0.343. The molecule has 0 spiro atoms. The molecule has 0 N–H and O–H groups in total. The summed E-state index contributed by atoms with van der Waals surface area (Å²) < 4.78 is 55.8. The molecule has 0 radical (unpaired) electrons. The van der Waals surface area contributed by atoms with Gasteiger partial charge in [0.15, 0.2) is 8.32 Å². The molecule has 1 aliphatic rings. The number of ether oxygens (including phenoxy) is 2. The molecule has 130 valence electrons. The number of alkyl halides is 3. The molecule has 0 aromatic rings. The highest BCUT2D eigenvalue weighted by atomic mass is 28.4. The maximum atomic E-state index is 13.5. The lowest BCUT2D eigenvalue weighted by Crippen LogP contribution is -2.60. The second-order valence-electron chi connectivity index (χ2n) is 6.27. The summed E-state index contributed by atoms with van der Waals surface area (Å²) in [5.74, 6) is -2.79. The number of carbonyl (C=O) groups excluding carboxylic acids is 1. The predicted octanol–water partition coefficient (Wildman–Crippen LogP) is 3.71. The zero-order valence-corrected chi connectivity index (χ0v) is 14.6. The Labute approximate surface area is 129 Å². The lowest BCUT2D eigenvalue weighted by Gasteiger charge is -2.39. The fourth-order valence-corrected chi connectivity index (χ4v) is 3.40. The molecule has 0 aliphatic carbocycles. The van der Waals surface area contributed by atoms with Crippen molar-refractivity contribution in [2.45, 2.75) is 64.3 Å². The van der Waals surface area contributed by atoms with Crippen molar-refractivity contribution in [1.82, 2.24) is 4.90 Å². The first-order chi connectivity index (χ1) is 9.94. The molecule has 0 aromatic carbocycles. The summed E-state index contributed by atoms with van der Waals surface area (Å²) in [7, 11) is -2.57. The van der Waals surface area contributed by atoms with Gasteiger partial charge in [0.05, 0.1) is 12.6 Å². The van der Waals surface area contributed by atoms with Crippen molar-refractivity contribution in [3.05, 3.63) is 0 Å². The Morgan fingerprint density at radius 3 is 2.45 bits per heavy atom. The predicted molar refractivity (Wildman–Crippen MR) is 76.7 cm³/mol. The van der Waals surface area contributed by atoms with Crippen LogP contribution in [0.15, 0.2) is 0 Å². The number of hydrogen-bond acceptors (Lipinski definition) is 4. The van der Waals surface area contributed by atoms with E-state index < -0.39 is 39.1 Å². The summed E-state index contributed by atoms with van der Waals surface area (Å²) in [5.41, 5.74) is 0. The van der Waals surface area contributed by atoms with Crippen molar-refractivity contribution >= 4 is 14.4 Å². The number of carbonyl (C=O) groups is 1. The van der Waals surface area contributed by atoms with E-state index in [9.17, 15) is 18.0 Å². The average Bonchev–Trinajstić information content (AvgIpc) is 2.66. The van der Waals surface area contributed by atoms with Gasteiger partial charge in [0.1, 0.15) is 6.73 Å². The van der Waals surface area contributed by atoms with Gasteiger partial charge in [-0.3, -0.25) is 4.90 Å². The molecule has 5 nitrogen and oxygen atoms in total. The van der Waals surface area contributed by atoms with Crippen LogP contribution in [0.25, 0.3) is 0 Å². The number of rotatable bonds is 5. The van der Waals surface area contributed by atoms with Gasteiger partial charge in [0, 0.05) is 0 Å². The molecule has 1 fully saturated rings. The molecule has 0 saturated carbocycles. The molecule has 1 aliphatic heterocycles. The highest BCUT2D eigenvalue weighted by molar-refractivity contribution is 6.69. The van der Waals surface area contributed by atoms with Gasteiger partial charge in [-0.2, -0.15) is 13.2 Å². The van der Waals surface area contributed by atoms with E-state index >= 15 is 0 Å². The summed E-state index contributed by atoms with van der Waals surface area (Å²) in [5, 5.41) is 0. The van der Waals surface area contributed by atoms with Crippen LogP contribution in [0.4, 0.5) is 18.0 Å². The van der Waals surface area contributed by atoms with Crippen LogP contribution in [0.2, 0.25) is 19.6 Å². The molecule has 2 unspecified atom stereocenters. The molecule has 1 saturated heterocycles. The number of unbranched alkanes of at least 4 members (excludes halogenated alkanes) is 1. The minimum Gasteiger partial charge on any atom is -0.449 e. The molecule has 2 atom stereocenters. The van der Waals surface area contributed by atoms with Crippen LogP contribution in [-0.2, 0) is 13.9 Å². The standard InChI is InChI=1S/C13H24F3NO4Si/c1-6-7-8-19-11(18)17-9-20-12(10(17)2,13(14,15)16)21-22(3,4)5/h10H,6-9H2,1-5H3. The minimum absolute atomic E-state index is 0.173. The minimum atomic E-state index is -4.74. The Morgan fingerprint density at radius 2 is 2.00 bits per heavy atom. The first-order valence-corrected chi connectivity index (χ1v) is 10.7. The Hall–Kier alpha value is -0.803. The summed E-state index contributed by atoms with van der Waals surface area (Å²) in [6.07, 6.45) is -4.08. The second kappa shape index (κ2) is 6.75. The largest absolute Gasteiger partial charge is 0.449 e. The van der Waals surface area contributed by atoms with Crippen LogP contribution in [0.5, 0.6) is 0 Å². The monoisotopic (exact) mass is 343 g/mol. The van der Waals surface area contributed by atoms with E-state index in [0.717, 1.165) is 11.3 Å². The molecule has 9 heteroatoms. The van der Waals surface area contributed by atoms with Gasteiger partial charge in [0.2, 0.25) is 0 Å². The summed E-state index contributed by atoms with van der Waals surface area (Å²) >= 11 is 0. The smallest absolute Gasteiger partial charge is 0.444 e. The van der Waals surface area contributed by atoms with Crippen LogP contribution in [0.1, 0.15) is 26.7 Å². The van der Waals surface area contributed by atoms with E-state index in [2.05, 4.69) is 0 Å². The van der Waals surface area contributed by atoms with Gasteiger partial charge >= 0.3 is 12.3 Å². The Balaban J connectivity index is 2.92. The second-order valence-corrected chi connectivity index (χ2v) is 10.7. The van der Waals surface area contributed by atoms with Crippen molar-refractivity contribution in [2.75, 3.05) is 13.3 Å². The van der Waals surface area contributed by atoms with E-state index in [1.54, 1.807) is 19.6 Å². The normalized spacial score (nSPS) is 26.4. The molecule has 1 amide bonds. The zero-order chi connectivity index (χ0) is 17.2. The van der Waals surface area contributed by atoms with Crippen LogP contribution in [0.3, 0.4) is 0 Å². The van der Waals surface area contributed by atoms with Crippen LogP contribution < -0.4 is 0 Å². The third-order valence-corrected chi connectivity index (χ3v) is 4.16. The zero-order valence-electron chi connectivity index (χ0n) is 13.6. The Bertz CT molecular complexity index is 400. The van der Waals surface area contributed by atoms with Crippen LogP contribution in [-0.4, -0.2) is 50.7 Å². The third kappa shape index (κ3) is 4.14. The van der Waals surface area contributed by atoms with Crippen LogP contribution >= 0.6 is 0 Å². The van der Waals surface area contributed by atoms with E-state index in [-0.39, 0.29) is 6.61 Å². The first-order valence-electron chi connectivity index (χ1n) is 7.29. The fourth-order valence-electron chi connectivity index (χ4n) is 2.15. The first kappa shape index (κ1) is 19.2. The Kier molecular flexibility index (Phi) is 5.91. The molecule has 0 aromatic heterocycles. The van der Waals surface area contributed by atoms with E-state index in [4.69, 9.17) is 13.9 Å². The van der Waals surface area contributed by atoms with Crippen molar-refractivity contribution < 1.29 is 31.9 Å². The summed E-state index contributed by atoms with van der Waals surface area (Å²) in [4.78, 5) is 12.8. The van der Waals surface area contributed by atoms with Gasteiger partial charge in [0.25, 0.3) is 5.79 Å². The molecule has 0 bridgehead atoms. The number of amides is 1. The van der Waals surface area contributed by atoms with Gasteiger partial charge in [-0.1, -0.05) is 13.3 Å². The van der Waals surface area contributed by atoms with Crippen molar-refractivity contribution in [3.63, 3.8) is 0 Å². The highest BCUT2D eigenvalue weighted by Gasteiger charge is 2.67. The maximum absolute atomic E-state index is 13.5. The quantitative estimate of drug-likeness (QED) is 0.564. The third-order valence-electron chi connectivity index (χ3n) is 3.25. The lowest BCUT2D eigenvalue weighted by atomic mass is 10.1. The van der Waals surface area contributed by atoms with Gasteiger partial charge in [-0.25, -0.2) is 4.79 Å². The van der Waals surface area contributed by atoms with Gasteiger partial charge < -0.3 is 13.9 Å². The van der Waals surface area contributed by atoms with Gasteiger partial charge in [-0.15, -0.1) is 0 Å². The summed E-state index contributed by atoms with van der Waals surface area (Å²) in [6, 6.07) is -1.31. The number of halogens is 3. The van der Waals surface area contributed by atoms with Gasteiger partial charge in [-0.05, 0) is 33.0 Å². The fraction of sp³-hybridized carbons (Fsp3) is 0.923. The van der Waals surface area contributed by atoms with Crippen molar-refractivity contribution in [3.8, 4) is 0 Å². The summed E-state index contributed by atoms with van der Waals surface area (Å²) in [6.45, 7) is 7.77.